The maximum Gasteiger partial charge on any atom is 0.260 e. The van der Waals surface area contributed by atoms with E-state index in [0.717, 1.165) is 55.0 Å². The van der Waals surface area contributed by atoms with Gasteiger partial charge in [-0.2, -0.15) is 0 Å². The minimum atomic E-state index is -0.0812. The van der Waals surface area contributed by atoms with Gasteiger partial charge in [0.25, 0.3) is 5.56 Å². The Balaban J connectivity index is 1.27. The third kappa shape index (κ3) is 4.42. The van der Waals surface area contributed by atoms with Crippen LogP contribution in [0.1, 0.15) is 31.6 Å². The van der Waals surface area contributed by atoms with Crippen molar-refractivity contribution in [1.29, 1.82) is 0 Å². The fourth-order valence-electron chi connectivity index (χ4n) is 4.18. The van der Waals surface area contributed by atoms with Gasteiger partial charge in [-0.15, -0.1) is 11.3 Å². The number of piperazine rings is 1. The van der Waals surface area contributed by atoms with Gasteiger partial charge in [0.05, 0.1) is 18.0 Å². The Bertz CT molecular complexity index is 1130. The number of nitrogens with one attached hydrogen (secondary N) is 2. The van der Waals surface area contributed by atoms with Gasteiger partial charge in [-0.25, -0.2) is 4.98 Å². The lowest BCUT2D eigenvalue weighted by Crippen LogP contribution is -2.50. The molecule has 2 aliphatic rings. The highest BCUT2D eigenvalue weighted by atomic mass is 32.1. The minimum Gasteiger partial charge on any atom is -0.352 e. The molecule has 1 aliphatic heterocycles. The molecule has 7 nitrogen and oxygen atoms in total. The van der Waals surface area contributed by atoms with E-state index < -0.39 is 0 Å². The van der Waals surface area contributed by atoms with E-state index in [2.05, 4.69) is 27.0 Å². The maximum atomic E-state index is 12.9. The van der Waals surface area contributed by atoms with Crippen molar-refractivity contribution in [2.24, 2.45) is 0 Å². The molecule has 0 spiro atoms. The first-order valence-corrected chi connectivity index (χ1v) is 11.8. The topological polar surface area (TPSA) is 81.3 Å². The molecule has 1 aromatic carbocycles. The number of rotatable bonds is 6. The SMILES string of the molecule is C[C@@H](c1nc2scc(-c3ccccc3)c2c(=O)[nH]1)N1CCN(CC(=O)NC2CC2)CC1. The van der Waals surface area contributed by atoms with Crippen LogP contribution in [0.25, 0.3) is 21.3 Å². The molecule has 0 radical (unpaired) electrons. The van der Waals surface area contributed by atoms with Crippen molar-refractivity contribution in [2.45, 2.75) is 31.8 Å². The quantitative estimate of drug-likeness (QED) is 0.620. The number of fused-ring (bicyclic) bond motifs is 1. The summed E-state index contributed by atoms with van der Waals surface area (Å²) in [5.74, 6) is 0.839. The Morgan fingerprint density at radius 1 is 1.23 bits per heavy atom. The van der Waals surface area contributed by atoms with Gasteiger partial charge in [0.2, 0.25) is 5.91 Å². The molecular formula is C23H27N5O2S. The van der Waals surface area contributed by atoms with Crippen LogP contribution in [-0.2, 0) is 4.79 Å². The molecule has 2 N–H and O–H groups in total. The summed E-state index contributed by atoms with van der Waals surface area (Å²) in [7, 11) is 0. The number of aromatic nitrogens is 2. The summed E-state index contributed by atoms with van der Waals surface area (Å²) >= 11 is 1.52. The monoisotopic (exact) mass is 437 g/mol. The zero-order valence-electron chi connectivity index (χ0n) is 17.6. The lowest BCUT2D eigenvalue weighted by molar-refractivity contribution is -0.122. The number of benzene rings is 1. The van der Waals surface area contributed by atoms with Crippen molar-refractivity contribution in [3.8, 4) is 11.1 Å². The second-order valence-corrected chi connectivity index (χ2v) is 9.33. The number of carbonyl (C=O) groups excluding carboxylic acids is 1. The third-order valence-corrected chi connectivity index (χ3v) is 7.08. The van der Waals surface area contributed by atoms with Gasteiger partial charge in [-0.05, 0) is 25.3 Å². The van der Waals surface area contributed by atoms with Gasteiger partial charge in [-0.1, -0.05) is 30.3 Å². The summed E-state index contributed by atoms with van der Waals surface area (Å²) in [6, 6.07) is 10.4. The third-order valence-electron chi connectivity index (χ3n) is 6.21. The van der Waals surface area contributed by atoms with Crippen molar-refractivity contribution in [1.82, 2.24) is 25.1 Å². The molecule has 3 heterocycles. The highest BCUT2D eigenvalue weighted by Crippen LogP contribution is 2.31. The highest BCUT2D eigenvalue weighted by molar-refractivity contribution is 7.17. The summed E-state index contributed by atoms with van der Waals surface area (Å²) < 4.78 is 0. The fourth-order valence-corrected chi connectivity index (χ4v) is 5.13. The minimum absolute atomic E-state index is 0.0156. The van der Waals surface area contributed by atoms with Crippen LogP contribution in [0, 0.1) is 0 Å². The first-order valence-electron chi connectivity index (χ1n) is 10.9. The number of carbonyl (C=O) groups is 1. The summed E-state index contributed by atoms with van der Waals surface area (Å²) in [6.07, 6.45) is 2.23. The molecule has 3 aromatic rings. The molecule has 0 unspecified atom stereocenters. The van der Waals surface area contributed by atoms with Gasteiger partial charge in [0.15, 0.2) is 0 Å². The van der Waals surface area contributed by atoms with Crippen molar-refractivity contribution < 1.29 is 4.79 Å². The Morgan fingerprint density at radius 3 is 2.68 bits per heavy atom. The largest absolute Gasteiger partial charge is 0.352 e. The Morgan fingerprint density at radius 2 is 1.97 bits per heavy atom. The van der Waals surface area contributed by atoms with Gasteiger partial charge < -0.3 is 10.3 Å². The van der Waals surface area contributed by atoms with E-state index in [4.69, 9.17) is 4.98 Å². The first kappa shape index (κ1) is 20.4. The van der Waals surface area contributed by atoms with Crippen LogP contribution < -0.4 is 10.9 Å². The van der Waals surface area contributed by atoms with Gasteiger partial charge in [-0.3, -0.25) is 19.4 Å². The van der Waals surface area contributed by atoms with Crippen LogP contribution in [-0.4, -0.2) is 64.4 Å². The molecule has 5 rings (SSSR count). The predicted molar refractivity (Wildman–Crippen MR) is 123 cm³/mol. The second-order valence-electron chi connectivity index (χ2n) is 8.48. The number of hydrogen-bond donors (Lipinski definition) is 2. The Labute approximate surface area is 185 Å². The van der Waals surface area contributed by atoms with Crippen LogP contribution in [0.15, 0.2) is 40.5 Å². The molecule has 0 bridgehead atoms. The van der Waals surface area contributed by atoms with Crippen LogP contribution in [0.2, 0.25) is 0 Å². The number of hydrogen-bond acceptors (Lipinski definition) is 6. The van der Waals surface area contributed by atoms with Crippen LogP contribution in [0.5, 0.6) is 0 Å². The van der Waals surface area contributed by atoms with E-state index in [1.165, 1.54) is 11.3 Å². The van der Waals surface area contributed by atoms with Crippen molar-refractivity contribution >= 4 is 27.5 Å². The molecule has 8 heteroatoms. The average molecular weight is 438 g/mol. The molecular weight excluding hydrogens is 410 g/mol. The van der Waals surface area contributed by atoms with Gasteiger partial charge in [0, 0.05) is 43.2 Å². The van der Waals surface area contributed by atoms with Gasteiger partial charge in [0.1, 0.15) is 10.7 Å². The highest BCUT2D eigenvalue weighted by Gasteiger charge is 2.27. The summed E-state index contributed by atoms with van der Waals surface area (Å²) in [4.78, 5) is 38.1. The number of aromatic amines is 1. The molecule has 2 aromatic heterocycles. The normalized spacial score (nSPS) is 18.9. The fraction of sp³-hybridized carbons (Fsp3) is 0.435. The van der Waals surface area contributed by atoms with Gasteiger partial charge >= 0.3 is 0 Å². The number of nitrogens with zero attached hydrogens (tertiary/aromatic N) is 3. The number of amides is 1. The molecule has 1 amide bonds. The van der Waals surface area contributed by atoms with Crippen molar-refractivity contribution in [3.63, 3.8) is 0 Å². The predicted octanol–water partition coefficient (Wildman–Crippen LogP) is 2.61. The van der Waals surface area contributed by atoms with Crippen LogP contribution >= 0.6 is 11.3 Å². The number of H-pyrrole nitrogens is 1. The number of thiophene rings is 1. The summed E-state index contributed by atoms with van der Waals surface area (Å²) in [6.45, 7) is 5.93. The smallest absolute Gasteiger partial charge is 0.260 e. The molecule has 31 heavy (non-hydrogen) atoms. The van der Waals surface area contributed by atoms with Crippen LogP contribution in [0.4, 0.5) is 0 Å². The molecule has 1 atom stereocenters. The van der Waals surface area contributed by atoms with Crippen molar-refractivity contribution in [3.05, 3.63) is 51.9 Å². The maximum absolute atomic E-state index is 12.9. The average Bonchev–Trinajstić information content (AvgIpc) is 3.48. The van der Waals surface area contributed by atoms with Crippen LogP contribution in [0.3, 0.4) is 0 Å². The summed E-state index contributed by atoms with van der Waals surface area (Å²) in [5.41, 5.74) is 1.89. The van der Waals surface area contributed by atoms with E-state index in [1.54, 1.807) is 0 Å². The lowest BCUT2D eigenvalue weighted by atomic mass is 10.1. The standard InChI is InChI=1S/C23H27N5O2S/c1-15(28-11-9-27(10-12-28)13-19(29)24-17-7-8-17)21-25-22(30)20-18(14-31-23(20)26-21)16-5-3-2-4-6-16/h2-6,14-15,17H,7-13H2,1H3,(H,24,29)(H,25,26,30)/t15-/m0/s1. The lowest BCUT2D eigenvalue weighted by Gasteiger charge is -2.37. The van der Waals surface area contributed by atoms with E-state index in [0.29, 0.717) is 23.8 Å². The van der Waals surface area contributed by atoms with Crippen molar-refractivity contribution in [2.75, 3.05) is 32.7 Å². The summed E-state index contributed by atoms with van der Waals surface area (Å²) in [5, 5.41) is 5.74. The first-order chi connectivity index (χ1) is 15.1. The molecule has 1 aliphatic carbocycles. The molecule has 2 fully saturated rings. The Hall–Kier alpha value is -2.55. The zero-order chi connectivity index (χ0) is 21.4. The van der Waals surface area contributed by atoms with E-state index in [9.17, 15) is 9.59 Å². The molecule has 1 saturated carbocycles. The van der Waals surface area contributed by atoms with E-state index in [-0.39, 0.29) is 17.5 Å². The van der Waals surface area contributed by atoms with E-state index >= 15 is 0 Å². The molecule has 162 valence electrons. The second kappa shape index (κ2) is 8.53. The Kier molecular flexibility index (Phi) is 5.60. The van der Waals surface area contributed by atoms with E-state index in [1.807, 2.05) is 35.7 Å². The zero-order valence-corrected chi connectivity index (χ0v) is 18.5. The molecule has 1 saturated heterocycles.